The van der Waals surface area contributed by atoms with Gasteiger partial charge in [-0.1, -0.05) is 40.0 Å². The standard InChI is InChI=1S/C13H25N/c1-4-14-10-12(2,3)13(11-14)8-6-5-7-9-13/h4-11H2,1-3H3. The highest BCUT2D eigenvalue weighted by atomic mass is 15.2. The van der Waals surface area contributed by atoms with Gasteiger partial charge in [-0.05, 0) is 30.2 Å². The number of rotatable bonds is 1. The van der Waals surface area contributed by atoms with Gasteiger partial charge in [-0.3, -0.25) is 0 Å². The monoisotopic (exact) mass is 195 g/mol. The minimum Gasteiger partial charge on any atom is -0.302 e. The number of likely N-dealkylation sites (tertiary alicyclic amines) is 1. The Morgan fingerprint density at radius 3 is 2.14 bits per heavy atom. The molecule has 1 aliphatic carbocycles. The largest absolute Gasteiger partial charge is 0.302 e. The van der Waals surface area contributed by atoms with Crippen molar-refractivity contribution in [3.8, 4) is 0 Å². The third-order valence-corrected chi connectivity index (χ3v) is 4.84. The highest BCUT2D eigenvalue weighted by molar-refractivity contribution is 5.03. The van der Waals surface area contributed by atoms with Gasteiger partial charge in [-0.15, -0.1) is 0 Å². The van der Waals surface area contributed by atoms with Crippen LogP contribution in [-0.4, -0.2) is 24.5 Å². The van der Waals surface area contributed by atoms with E-state index in [9.17, 15) is 0 Å². The Hall–Kier alpha value is -0.0400. The maximum Gasteiger partial charge on any atom is 0.00437 e. The maximum atomic E-state index is 2.66. The minimum atomic E-state index is 0.559. The molecule has 1 spiro atoms. The average Bonchev–Trinajstić information content (AvgIpc) is 2.40. The van der Waals surface area contributed by atoms with E-state index in [1.54, 1.807) is 0 Å². The summed E-state index contributed by atoms with van der Waals surface area (Å²) in [6, 6.07) is 0. The lowest BCUT2D eigenvalue weighted by Gasteiger charge is -2.43. The third-order valence-electron chi connectivity index (χ3n) is 4.84. The lowest BCUT2D eigenvalue weighted by Crippen LogP contribution is -2.38. The Labute approximate surface area is 88.9 Å². The molecule has 1 saturated carbocycles. The van der Waals surface area contributed by atoms with E-state index in [1.807, 2.05) is 0 Å². The zero-order valence-electron chi connectivity index (χ0n) is 10.1. The first-order chi connectivity index (χ1) is 6.60. The van der Waals surface area contributed by atoms with E-state index >= 15 is 0 Å². The van der Waals surface area contributed by atoms with Crippen LogP contribution in [-0.2, 0) is 0 Å². The van der Waals surface area contributed by atoms with Crippen molar-refractivity contribution in [2.75, 3.05) is 19.6 Å². The molecule has 1 aliphatic heterocycles. The van der Waals surface area contributed by atoms with Crippen molar-refractivity contribution in [1.29, 1.82) is 0 Å². The van der Waals surface area contributed by atoms with Crippen LogP contribution in [0, 0.1) is 10.8 Å². The summed E-state index contributed by atoms with van der Waals surface area (Å²) in [6.45, 7) is 11.2. The van der Waals surface area contributed by atoms with E-state index in [1.165, 1.54) is 51.7 Å². The molecule has 82 valence electrons. The van der Waals surface area contributed by atoms with Gasteiger partial charge >= 0.3 is 0 Å². The molecule has 0 radical (unpaired) electrons. The summed E-state index contributed by atoms with van der Waals surface area (Å²) in [5, 5.41) is 0. The van der Waals surface area contributed by atoms with Gasteiger partial charge in [0.15, 0.2) is 0 Å². The fourth-order valence-electron chi connectivity index (χ4n) is 3.71. The van der Waals surface area contributed by atoms with Crippen molar-refractivity contribution in [3.63, 3.8) is 0 Å². The Balaban J connectivity index is 2.16. The zero-order chi connectivity index (χ0) is 10.2. The van der Waals surface area contributed by atoms with Gasteiger partial charge in [-0.25, -0.2) is 0 Å². The van der Waals surface area contributed by atoms with E-state index in [0.29, 0.717) is 10.8 Å². The normalized spacial score (nSPS) is 31.1. The summed E-state index contributed by atoms with van der Waals surface area (Å²) in [6.07, 6.45) is 7.39. The van der Waals surface area contributed by atoms with Crippen molar-refractivity contribution in [2.45, 2.75) is 52.9 Å². The summed E-state index contributed by atoms with van der Waals surface area (Å²) < 4.78 is 0. The molecule has 1 saturated heterocycles. The molecule has 0 atom stereocenters. The highest BCUT2D eigenvalue weighted by Gasteiger charge is 2.51. The second-order valence-electron chi connectivity index (χ2n) is 6.03. The molecule has 1 heteroatoms. The van der Waals surface area contributed by atoms with Crippen LogP contribution in [0.15, 0.2) is 0 Å². The first-order valence-corrected chi connectivity index (χ1v) is 6.32. The molecule has 1 heterocycles. The van der Waals surface area contributed by atoms with Gasteiger partial charge in [0.1, 0.15) is 0 Å². The predicted octanol–water partition coefficient (Wildman–Crippen LogP) is 3.30. The van der Waals surface area contributed by atoms with Gasteiger partial charge < -0.3 is 4.90 Å². The van der Waals surface area contributed by atoms with Crippen LogP contribution < -0.4 is 0 Å². The lowest BCUT2D eigenvalue weighted by molar-refractivity contribution is 0.0793. The Morgan fingerprint density at radius 1 is 1.00 bits per heavy atom. The third kappa shape index (κ3) is 1.50. The van der Waals surface area contributed by atoms with Gasteiger partial charge in [0.25, 0.3) is 0 Å². The Morgan fingerprint density at radius 2 is 1.64 bits per heavy atom. The summed E-state index contributed by atoms with van der Waals surface area (Å²) in [5.74, 6) is 0. The van der Waals surface area contributed by atoms with Crippen molar-refractivity contribution >= 4 is 0 Å². The molecule has 14 heavy (non-hydrogen) atoms. The van der Waals surface area contributed by atoms with Crippen LogP contribution in [0.5, 0.6) is 0 Å². The summed E-state index contributed by atoms with van der Waals surface area (Å²) in [5.41, 5.74) is 1.23. The molecule has 0 bridgehead atoms. The van der Waals surface area contributed by atoms with Crippen LogP contribution >= 0.6 is 0 Å². The van der Waals surface area contributed by atoms with Crippen molar-refractivity contribution in [2.24, 2.45) is 10.8 Å². The van der Waals surface area contributed by atoms with Crippen molar-refractivity contribution < 1.29 is 0 Å². The predicted molar refractivity (Wildman–Crippen MR) is 61.4 cm³/mol. The number of hydrogen-bond donors (Lipinski definition) is 0. The quantitative estimate of drug-likeness (QED) is 0.620. The van der Waals surface area contributed by atoms with Crippen LogP contribution in [0.3, 0.4) is 0 Å². The van der Waals surface area contributed by atoms with Crippen LogP contribution in [0.1, 0.15) is 52.9 Å². The Kier molecular flexibility index (Phi) is 2.63. The molecule has 0 unspecified atom stereocenters. The zero-order valence-corrected chi connectivity index (χ0v) is 10.1. The molecule has 2 fully saturated rings. The second-order valence-corrected chi connectivity index (χ2v) is 6.03. The molecule has 0 N–H and O–H groups in total. The van der Waals surface area contributed by atoms with E-state index < -0.39 is 0 Å². The average molecular weight is 195 g/mol. The summed E-state index contributed by atoms with van der Waals surface area (Å²) in [4.78, 5) is 2.66. The minimum absolute atomic E-state index is 0.559. The maximum absolute atomic E-state index is 2.66. The molecule has 0 amide bonds. The van der Waals surface area contributed by atoms with Crippen LogP contribution in [0.25, 0.3) is 0 Å². The molecule has 2 aliphatic rings. The topological polar surface area (TPSA) is 3.24 Å². The Bertz CT molecular complexity index is 201. The van der Waals surface area contributed by atoms with Gasteiger partial charge in [0, 0.05) is 13.1 Å². The van der Waals surface area contributed by atoms with Crippen LogP contribution in [0.4, 0.5) is 0 Å². The summed E-state index contributed by atoms with van der Waals surface area (Å²) in [7, 11) is 0. The molecule has 2 rings (SSSR count). The molecule has 1 nitrogen and oxygen atoms in total. The molecular formula is C13H25N. The van der Waals surface area contributed by atoms with Crippen molar-refractivity contribution in [1.82, 2.24) is 4.90 Å². The number of nitrogens with zero attached hydrogens (tertiary/aromatic N) is 1. The fourth-order valence-corrected chi connectivity index (χ4v) is 3.71. The van der Waals surface area contributed by atoms with Gasteiger partial charge in [-0.2, -0.15) is 0 Å². The number of hydrogen-bond acceptors (Lipinski definition) is 1. The second kappa shape index (κ2) is 3.52. The SMILES string of the molecule is CCN1CC(C)(C)C2(CCCCC2)C1. The smallest absolute Gasteiger partial charge is 0.00437 e. The molecule has 0 aromatic heterocycles. The van der Waals surface area contributed by atoms with Crippen molar-refractivity contribution in [3.05, 3.63) is 0 Å². The van der Waals surface area contributed by atoms with E-state index in [2.05, 4.69) is 25.7 Å². The molecule has 0 aromatic carbocycles. The fraction of sp³-hybridized carbons (Fsp3) is 1.00. The summed E-state index contributed by atoms with van der Waals surface area (Å²) >= 11 is 0. The van der Waals surface area contributed by atoms with Gasteiger partial charge in [0.2, 0.25) is 0 Å². The van der Waals surface area contributed by atoms with E-state index in [-0.39, 0.29) is 0 Å². The highest BCUT2D eigenvalue weighted by Crippen LogP contribution is 2.54. The van der Waals surface area contributed by atoms with E-state index in [4.69, 9.17) is 0 Å². The molecule has 0 aromatic rings. The first kappa shape index (κ1) is 10.5. The first-order valence-electron chi connectivity index (χ1n) is 6.32. The van der Waals surface area contributed by atoms with Gasteiger partial charge in [0.05, 0.1) is 0 Å². The van der Waals surface area contributed by atoms with Crippen LogP contribution in [0.2, 0.25) is 0 Å². The molecular weight excluding hydrogens is 170 g/mol. The lowest BCUT2D eigenvalue weighted by atomic mass is 9.61. The van der Waals surface area contributed by atoms with E-state index in [0.717, 1.165) is 0 Å².